The lowest BCUT2D eigenvalue weighted by Crippen LogP contribution is -2.36. The van der Waals surface area contributed by atoms with Crippen molar-refractivity contribution in [3.8, 4) is 5.75 Å². The van der Waals surface area contributed by atoms with Crippen LogP contribution < -0.4 is 10.1 Å². The van der Waals surface area contributed by atoms with Crippen LogP contribution >= 0.6 is 15.9 Å². The molecule has 2 aromatic carbocycles. The number of methoxy groups -OCH3 is 1. The minimum Gasteiger partial charge on any atom is -0.497 e. The monoisotopic (exact) mass is 416 g/mol. The molecule has 3 rings (SSSR count). The number of rotatable bonds is 4. The Hall–Kier alpha value is -2.34. The molecule has 26 heavy (non-hydrogen) atoms. The number of piperidine rings is 1. The molecule has 1 heterocycles. The number of benzene rings is 2. The van der Waals surface area contributed by atoms with Gasteiger partial charge in [-0.3, -0.25) is 9.59 Å². The van der Waals surface area contributed by atoms with E-state index < -0.39 is 0 Å². The summed E-state index contributed by atoms with van der Waals surface area (Å²) in [4.78, 5) is 27.4. The molecule has 6 heteroatoms. The number of amides is 2. The molecule has 0 aliphatic carbocycles. The Balaban J connectivity index is 1.84. The van der Waals surface area contributed by atoms with Gasteiger partial charge in [0, 0.05) is 17.6 Å². The van der Waals surface area contributed by atoms with Gasteiger partial charge in [0.15, 0.2) is 0 Å². The van der Waals surface area contributed by atoms with E-state index in [-0.39, 0.29) is 11.8 Å². The summed E-state index contributed by atoms with van der Waals surface area (Å²) >= 11 is 3.39. The number of para-hydroxylation sites is 1. The predicted octanol–water partition coefficient (Wildman–Crippen LogP) is 4.34. The third kappa shape index (κ3) is 4.07. The van der Waals surface area contributed by atoms with Gasteiger partial charge in [-0.05, 0) is 65.5 Å². The zero-order chi connectivity index (χ0) is 18.5. The van der Waals surface area contributed by atoms with Gasteiger partial charge in [0.05, 0.1) is 23.9 Å². The van der Waals surface area contributed by atoms with Crippen molar-refractivity contribution in [2.45, 2.75) is 19.3 Å². The Labute approximate surface area is 161 Å². The van der Waals surface area contributed by atoms with Gasteiger partial charge in [0.1, 0.15) is 5.75 Å². The van der Waals surface area contributed by atoms with E-state index in [9.17, 15) is 9.59 Å². The molecule has 5 nitrogen and oxygen atoms in total. The zero-order valence-electron chi connectivity index (χ0n) is 14.6. The van der Waals surface area contributed by atoms with E-state index in [1.807, 2.05) is 17.0 Å². The molecule has 1 aliphatic rings. The molecule has 0 spiro atoms. The van der Waals surface area contributed by atoms with Gasteiger partial charge in [-0.2, -0.15) is 0 Å². The van der Waals surface area contributed by atoms with Crippen LogP contribution in [0.2, 0.25) is 0 Å². The van der Waals surface area contributed by atoms with Crippen LogP contribution in [0.3, 0.4) is 0 Å². The van der Waals surface area contributed by atoms with Crippen molar-refractivity contribution in [1.82, 2.24) is 4.90 Å². The first-order valence-electron chi connectivity index (χ1n) is 8.63. The van der Waals surface area contributed by atoms with Gasteiger partial charge in [-0.25, -0.2) is 0 Å². The minimum atomic E-state index is -0.297. The highest BCUT2D eigenvalue weighted by molar-refractivity contribution is 9.10. The van der Waals surface area contributed by atoms with E-state index in [1.165, 1.54) is 0 Å². The van der Waals surface area contributed by atoms with Gasteiger partial charge < -0.3 is 15.0 Å². The Bertz CT molecular complexity index is 816. The number of carbonyl (C=O) groups excluding carboxylic acids is 2. The first kappa shape index (κ1) is 18.5. The van der Waals surface area contributed by atoms with Gasteiger partial charge in [0.25, 0.3) is 11.8 Å². The van der Waals surface area contributed by atoms with E-state index in [2.05, 4.69) is 21.2 Å². The molecule has 0 bridgehead atoms. The highest BCUT2D eigenvalue weighted by Crippen LogP contribution is 2.25. The number of hydrogen-bond donors (Lipinski definition) is 1. The minimum absolute atomic E-state index is 0.0368. The van der Waals surface area contributed by atoms with Crippen molar-refractivity contribution in [3.05, 3.63) is 58.1 Å². The maximum absolute atomic E-state index is 12.9. The lowest BCUT2D eigenvalue weighted by atomic mass is 10.1. The fourth-order valence-corrected chi connectivity index (χ4v) is 3.47. The summed E-state index contributed by atoms with van der Waals surface area (Å²) in [5.41, 5.74) is 1.48. The molecule has 1 fully saturated rings. The Morgan fingerprint density at radius 3 is 2.50 bits per heavy atom. The summed E-state index contributed by atoms with van der Waals surface area (Å²) in [6.45, 7) is 1.53. The van der Waals surface area contributed by atoms with Crippen LogP contribution in [0.5, 0.6) is 5.75 Å². The molecule has 0 unspecified atom stereocenters. The molecule has 1 saturated heterocycles. The van der Waals surface area contributed by atoms with Crippen molar-refractivity contribution < 1.29 is 14.3 Å². The van der Waals surface area contributed by atoms with Crippen molar-refractivity contribution in [2.75, 3.05) is 25.5 Å². The highest BCUT2D eigenvalue weighted by atomic mass is 79.9. The molecule has 0 saturated carbocycles. The highest BCUT2D eigenvalue weighted by Gasteiger charge is 2.22. The first-order valence-corrected chi connectivity index (χ1v) is 9.42. The van der Waals surface area contributed by atoms with Crippen molar-refractivity contribution in [1.29, 1.82) is 0 Å². The van der Waals surface area contributed by atoms with E-state index in [0.29, 0.717) is 27.0 Å². The molecule has 1 N–H and O–H groups in total. The van der Waals surface area contributed by atoms with Crippen LogP contribution in [0.15, 0.2) is 46.9 Å². The molecule has 0 atom stereocenters. The van der Waals surface area contributed by atoms with Crippen LogP contribution in [0.4, 0.5) is 5.69 Å². The van der Waals surface area contributed by atoms with Gasteiger partial charge in [-0.1, -0.05) is 12.1 Å². The standard InChI is InChI=1S/C20H21BrN2O3/c1-26-14-9-10-17(21)16(13-14)19(24)22-18-8-4-3-7-15(18)20(25)23-11-5-2-6-12-23/h3-4,7-10,13H,2,5-6,11-12H2,1H3,(H,22,24). The summed E-state index contributed by atoms with van der Waals surface area (Å²) in [7, 11) is 1.55. The van der Waals surface area contributed by atoms with Crippen LogP contribution in [0.1, 0.15) is 40.0 Å². The summed E-state index contributed by atoms with van der Waals surface area (Å²) in [6.07, 6.45) is 3.21. The second kappa shape index (κ2) is 8.36. The van der Waals surface area contributed by atoms with E-state index in [1.54, 1.807) is 37.4 Å². The number of halogens is 1. The number of carbonyl (C=O) groups is 2. The predicted molar refractivity (Wildman–Crippen MR) is 105 cm³/mol. The lowest BCUT2D eigenvalue weighted by molar-refractivity contribution is 0.0725. The summed E-state index contributed by atoms with van der Waals surface area (Å²) in [5.74, 6) is 0.260. The first-order chi connectivity index (χ1) is 12.6. The summed E-state index contributed by atoms with van der Waals surface area (Å²) in [5, 5.41) is 2.87. The Morgan fingerprint density at radius 1 is 1.04 bits per heavy atom. The van der Waals surface area contributed by atoms with Crippen LogP contribution in [0.25, 0.3) is 0 Å². The fraction of sp³-hybridized carbons (Fsp3) is 0.300. The maximum Gasteiger partial charge on any atom is 0.256 e. The summed E-state index contributed by atoms with van der Waals surface area (Å²) < 4.78 is 5.85. The third-order valence-corrected chi connectivity index (χ3v) is 5.16. The number of likely N-dealkylation sites (tertiary alicyclic amines) is 1. The Kier molecular flexibility index (Phi) is 5.93. The third-order valence-electron chi connectivity index (χ3n) is 4.47. The molecular weight excluding hydrogens is 396 g/mol. The number of anilines is 1. The van der Waals surface area contributed by atoms with Crippen LogP contribution in [-0.2, 0) is 0 Å². The average Bonchev–Trinajstić information content (AvgIpc) is 2.69. The SMILES string of the molecule is COc1ccc(Br)c(C(=O)Nc2ccccc2C(=O)N2CCCCC2)c1. The number of nitrogens with one attached hydrogen (secondary N) is 1. The molecule has 0 radical (unpaired) electrons. The second-order valence-electron chi connectivity index (χ2n) is 6.20. The van der Waals surface area contributed by atoms with Crippen molar-refractivity contribution in [2.24, 2.45) is 0 Å². The number of hydrogen-bond acceptors (Lipinski definition) is 3. The van der Waals surface area contributed by atoms with Gasteiger partial charge >= 0.3 is 0 Å². The lowest BCUT2D eigenvalue weighted by Gasteiger charge is -2.27. The number of ether oxygens (including phenoxy) is 1. The van der Waals surface area contributed by atoms with E-state index in [0.717, 1.165) is 32.4 Å². The van der Waals surface area contributed by atoms with Crippen LogP contribution in [0, 0.1) is 0 Å². The van der Waals surface area contributed by atoms with Gasteiger partial charge in [-0.15, -0.1) is 0 Å². The van der Waals surface area contributed by atoms with Gasteiger partial charge in [0.2, 0.25) is 0 Å². The van der Waals surface area contributed by atoms with Crippen molar-refractivity contribution in [3.63, 3.8) is 0 Å². The van der Waals surface area contributed by atoms with Crippen LogP contribution in [-0.4, -0.2) is 36.9 Å². The molecular formula is C20H21BrN2O3. The largest absolute Gasteiger partial charge is 0.497 e. The smallest absolute Gasteiger partial charge is 0.256 e. The quantitative estimate of drug-likeness (QED) is 0.806. The normalized spacial score (nSPS) is 14.0. The molecule has 2 amide bonds. The maximum atomic E-state index is 12.9. The molecule has 136 valence electrons. The fourth-order valence-electron chi connectivity index (χ4n) is 3.04. The zero-order valence-corrected chi connectivity index (χ0v) is 16.2. The number of nitrogens with zero attached hydrogens (tertiary/aromatic N) is 1. The van der Waals surface area contributed by atoms with E-state index in [4.69, 9.17) is 4.74 Å². The van der Waals surface area contributed by atoms with E-state index >= 15 is 0 Å². The average molecular weight is 417 g/mol. The summed E-state index contributed by atoms with van der Waals surface area (Å²) in [6, 6.07) is 12.3. The topological polar surface area (TPSA) is 58.6 Å². The Morgan fingerprint density at radius 2 is 1.77 bits per heavy atom. The molecule has 1 aliphatic heterocycles. The molecule has 0 aromatic heterocycles. The molecule has 2 aromatic rings. The van der Waals surface area contributed by atoms with Crippen molar-refractivity contribution >= 4 is 33.4 Å². The second-order valence-corrected chi connectivity index (χ2v) is 7.05.